The molecular formula is C13H27N5O3P+. The monoisotopic (exact) mass is 332 g/mol. The first-order valence-electron chi connectivity index (χ1n) is 7.77. The Labute approximate surface area is 132 Å². The molecule has 1 aliphatic rings. The first-order chi connectivity index (χ1) is 10.5. The van der Waals surface area contributed by atoms with Gasteiger partial charge in [-0.2, -0.15) is 0 Å². The Bertz CT molecular complexity index is 420. The van der Waals surface area contributed by atoms with E-state index in [9.17, 15) is 14.2 Å². The van der Waals surface area contributed by atoms with Crippen molar-refractivity contribution >= 4 is 19.8 Å². The van der Waals surface area contributed by atoms with Crippen molar-refractivity contribution < 1.29 is 14.2 Å². The SMILES string of the molecule is CCCNC(=O)CN[P+](=O)[C@@]1(NCCC)CCCN(N)C1=O. The van der Waals surface area contributed by atoms with Crippen LogP contribution in [0.3, 0.4) is 0 Å². The first-order valence-corrected chi connectivity index (χ1v) is 9.03. The van der Waals surface area contributed by atoms with Gasteiger partial charge < -0.3 is 5.32 Å². The minimum Gasteiger partial charge on any atom is -0.355 e. The van der Waals surface area contributed by atoms with Gasteiger partial charge in [-0.25, -0.2) is 5.84 Å². The molecule has 1 heterocycles. The Morgan fingerprint density at radius 3 is 2.68 bits per heavy atom. The molecule has 0 aromatic carbocycles. The van der Waals surface area contributed by atoms with Crippen molar-refractivity contribution in [3.8, 4) is 0 Å². The van der Waals surface area contributed by atoms with Gasteiger partial charge in [-0.3, -0.25) is 19.9 Å². The summed E-state index contributed by atoms with van der Waals surface area (Å²) >= 11 is 0. The Balaban J connectivity index is 2.72. The number of rotatable bonds is 9. The van der Waals surface area contributed by atoms with Gasteiger partial charge in [-0.15, -0.1) is 0 Å². The number of piperidine rings is 1. The van der Waals surface area contributed by atoms with Crippen LogP contribution in [0.25, 0.3) is 0 Å². The van der Waals surface area contributed by atoms with E-state index < -0.39 is 13.2 Å². The summed E-state index contributed by atoms with van der Waals surface area (Å²) < 4.78 is 12.7. The Kier molecular flexibility index (Phi) is 7.89. The fourth-order valence-corrected chi connectivity index (χ4v) is 3.79. The maximum absolute atomic E-state index is 12.7. The molecule has 1 fully saturated rings. The van der Waals surface area contributed by atoms with Crippen molar-refractivity contribution in [2.45, 2.75) is 44.8 Å². The second-order valence-electron chi connectivity index (χ2n) is 5.37. The number of nitrogens with zero attached hydrogens (tertiary/aromatic N) is 1. The fraction of sp³-hybridized carbons (Fsp3) is 0.846. The largest absolute Gasteiger partial charge is 0.465 e. The molecule has 1 saturated heterocycles. The van der Waals surface area contributed by atoms with Crippen LogP contribution in [0.15, 0.2) is 0 Å². The van der Waals surface area contributed by atoms with Crippen LogP contribution in [0.4, 0.5) is 0 Å². The molecule has 126 valence electrons. The Morgan fingerprint density at radius 2 is 2.05 bits per heavy atom. The third-order valence-electron chi connectivity index (χ3n) is 3.52. The van der Waals surface area contributed by atoms with Crippen molar-refractivity contribution in [3.63, 3.8) is 0 Å². The number of hydrogen-bond donors (Lipinski definition) is 4. The predicted octanol–water partition coefficient (Wildman–Crippen LogP) is 0.0366. The molecule has 1 unspecified atom stereocenters. The van der Waals surface area contributed by atoms with E-state index >= 15 is 0 Å². The summed E-state index contributed by atoms with van der Waals surface area (Å²) in [5, 5.41) is 8.36. The van der Waals surface area contributed by atoms with Gasteiger partial charge in [0.15, 0.2) is 0 Å². The van der Waals surface area contributed by atoms with Crippen molar-refractivity contribution in [2.24, 2.45) is 5.84 Å². The second-order valence-corrected chi connectivity index (χ2v) is 7.04. The van der Waals surface area contributed by atoms with E-state index in [1.165, 1.54) is 0 Å². The number of carbonyl (C=O) groups excluding carboxylic acids is 2. The lowest BCUT2D eigenvalue weighted by Gasteiger charge is -2.32. The van der Waals surface area contributed by atoms with Crippen molar-refractivity contribution in [3.05, 3.63) is 0 Å². The van der Waals surface area contributed by atoms with Gasteiger partial charge in [-0.05, 0) is 30.4 Å². The average Bonchev–Trinajstić information content (AvgIpc) is 2.52. The van der Waals surface area contributed by atoms with Gasteiger partial charge in [0.25, 0.3) is 0 Å². The molecule has 2 amide bonds. The number of nitrogens with two attached hydrogens (primary N) is 1. The molecule has 22 heavy (non-hydrogen) atoms. The highest BCUT2D eigenvalue weighted by Crippen LogP contribution is 2.40. The molecule has 0 saturated carbocycles. The standard InChI is InChI=1S/C13H26N5O3P/c1-3-7-15-11(19)10-17-22(21)13(16-8-4-2)6-5-9-18(14)12(13)20/h16H,3-10,14H2,1-2H3,(H-,15,17,19,21)/p+1/t13-/m0/s1. The van der Waals surface area contributed by atoms with E-state index in [4.69, 9.17) is 5.84 Å². The summed E-state index contributed by atoms with van der Waals surface area (Å²) in [6, 6.07) is 0. The zero-order chi connectivity index (χ0) is 16.6. The van der Waals surface area contributed by atoms with E-state index in [0.717, 1.165) is 17.9 Å². The highest BCUT2D eigenvalue weighted by atomic mass is 31.1. The molecule has 0 bridgehead atoms. The average molecular weight is 332 g/mol. The summed E-state index contributed by atoms with van der Waals surface area (Å²) in [4.78, 5) is 24.0. The molecule has 1 rings (SSSR count). The van der Waals surface area contributed by atoms with Gasteiger partial charge in [0.05, 0.1) is 0 Å². The second kappa shape index (κ2) is 9.15. The zero-order valence-electron chi connectivity index (χ0n) is 13.4. The highest BCUT2D eigenvalue weighted by molar-refractivity contribution is 7.45. The van der Waals surface area contributed by atoms with Crippen molar-refractivity contribution in [1.82, 2.24) is 20.7 Å². The number of hydrogen-bond acceptors (Lipinski definition) is 5. The van der Waals surface area contributed by atoms with Crippen molar-refractivity contribution in [2.75, 3.05) is 26.2 Å². The van der Waals surface area contributed by atoms with Crippen LogP contribution < -0.4 is 21.6 Å². The highest BCUT2D eigenvalue weighted by Gasteiger charge is 2.59. The van der Waals surface area contributed by atoms with Crippen molar-refractivity contribution in [1.29, 1.82) is 0 Å². The molecule has 0 spiro atoms. The molecule has 5 N–H and O–H groups in total. The minimum atomic E-state index is -2.15. The van der Waals surface area contributed by atoms with E-state index in [0.29, 0.717) is 32.5 Å². The van der Waals surface area contributed by atoms with Crippen LogP contribution >= 0.6 is 7.95 Å². The smallest absolute Gasteiger partial charge is 0.355 e. The van der Waals surface area contributed by atoms with Crippen LogP contribution in [0.5, 0.6) is 0 Å². The third kappa shape index (κ3) is 4.71. The molecule has 0 radical (unpaired) electrons. The van der Waals surface area contributed by atoms with E-state index in [1.807, 2.05) is 13.8 Å². The fourth-order valence-electron chi connectivity index (χ4n) is 2.31. The maximum Gasteiger partial charge on any atom is 0.465 e. The summed E-state index contributed by atoms with van der Waals surface area (Å²) in [7, 11) is -2.15. The first kappa shape index (κ1) is 19.0. The number of hydrazine groups is 1. The zero-order valence-corrected chi connectivity index (χ0v) is 14.2. The summed E-state index contributed by atoms with van der Waals surface area (Å²) in [6.45, 7) is 5.43. The van der Waals surface area contributed by atoms with Gasteiger partial charge in [0.1, 0.15) is 6.54 Å². The molecule has 8 nitrogen and oxygen atoms in total. The quantitative estimate of drug-likeness (QED) is 0.269. The lowest BCUT2D eigenvalue weighted by Crippen LogP contribution is -2.62. The minimum absolute atomic E-state index is 0.0807. The van der Waals surface area contributed by atoms with Crippen LogP contribution in [-0.2, 0) is 14.2 Å². The molecule has 9 heteroatoms. The van der Waals surface area contributed by atoms with E-state index in [-0.39, 0.29) is 18.4 Å². The number of nitrogens with one attached hydrogen (secondary N) is 3. The van der Waals surface area contributed by atoms with Crippen LogP contribution in [0, 0.1) is 0 Å². The normalized spacial score (nSPS) is 22.6. The van der Waals surface area contributed by atoms with Gasteiger partial charge >= 0.3 is 19.1 Å². The van der Waals surface area contributed by atoms with Crippen LogP contribution in [0.2, 0.25) is 0 Å². The topological polar surface area (TPSA) is 117 Å². The molecule has 0 aromatic heterocycles. The number of amides is 2. The molecule has 1 aliphatic heterocycles. The lowest BCUT2D eigenvalue weighted by atomic mass is 10.1. The number of carbonyl (C=O) groups is 2. The molecule has 2 atom stereocenters. The lowest BCUT2D eigenvalue weighted by molar-refractivity contribution is -0.138. The van der Waals surface area contributed by atoms with Gasteiger partial charge in [0, 0.05) is 19.5 Å². The summed E-state index contributed by atoms with van der Waals surface area (Å²) in [5.74, 6) is 5.08. The van der Waals surface area contributed by atoms with Gasteiger partial charge in [-0.1, -0.05) is 18.9 Å². The molecule has 0 aromatic rings. The third-order valence-corrected chi connectivity index (χ3v) is 5.23. The molecule has 0 aliphatic carbocycles. The van der Waals surface area contributed by atoms with E-state index in [1.54, 1.807) is 0 Å². The predicted molar refractivity (Wildman–Crippen MR) is 85.1 cm³/mol. The summed E-state index contributed by atoms with van der Waals surface area (Å²) in [5.41, 5.74) is 0. The molecular weight excluding hydrogens is 305 g/mol. The maximum atomic E-state index is 12.7. The summed E-state index contributed by atoms with van der Waals surface area (Å²) in [6.07, 6.45) is 2.75. The van der Waals surface area contributed by atoms with Crippen LogP contribution in [-0.4, -0.2) is 48.3 Å². The Hall–Kier alpha value is -1.08. The Morgan fingerprint density at radius 1 is 1.36 bits per heavy atom. The van der Waals surface area contributed by atoms with Crippen LogP contribution in [0.1, 0.15) is 39.5 Å². The van der Waals surface area contributed by atoms with E-state index in [2.05, 4.69) is 15.7 Å². The van der Waals surface area contributed by atoms with Gasteiger partial charge in [0.2, 0.25) is 5.91 Å².